The molecule has 0 bridgehead atoms. The molecule has 0 saturated carbocycles. The minimum atomic E-state index is -0.495. The number of nitrogens with one attached hydrogen (secondary N) is 2. The number of nitrogens with zero attached hydrogens (tertiary/aromatic N) is 1. The van der Waals surface area contributed by atoms with Crippen LogP contribution in [-0.4, -0.2) is 35.7 Å². The summed E-state index contributed by atoms with van der Waals surface area (Å²) in [6.07, 6.45) is 3.02. The number of rotatable bonds is 6. The second-order valence-electron chi connectivity index (χ2n) is 7.32. The van der Waals surface area contributed by atoms with Gasteiger partial charge in [0.15, 0.2) is 22.4 Å². The molecule has 8 heteroatoms. The Bertz CT molecular complexity index is 1080. The predicted molar refractivity (Wildman–Crippen MR) is 117 cm³/mol. The lowest BCUT2D eigenvalue weighted by molar-refractivity contribution is -0.116. The van der Waals surface area contributed by atoms with Crippen LogP contribution in [0.5, 0.6) is 11.5 Å². The lowest BCUT2D eigenvalue weighted by Gasteiger charge is -2.33. The summed E-state index contributed by atoms with van der Waals surface area (Å²) in [7, 11) is 3.15. The molecule has 2 N–H and O–H groups in total. The number of hydrogen-bond donors (Lipinski definition) is 2. The van der Waals surface area contributed by atoms with Crippen molar-refractivity contribution in [3.05, 3.63) is 50.9 Å². The minimum absolute atomic E-state index is 0.0676. The molecule has 2 aliphatic rings. The Labute approximate surface area is 179 Å². The molecule has 7 nitrogen and oxygen atoms in total. The highest BCUT2D eigenvalue weighted by Crippen LogP contribution is 2.45. The molecule has 2 aromatic rings. The van der Waals surface area contributed by atoms with Crippen molar-refractivity contribution in [3.8, 4) is 11.5 Å². The molecule has 1 aliphatic carbocycles. The molecule has 30 heavy (non-hydrogen) atoms. The maximum atomic E-state index is 13.2. The molecule has 0 saturated heterocycles. The summed E-state index contributed by atoms with van der Waals surface area (Å²) in [4.78, 5) is 33.7. The van der Waals surface area contributed by atoms with E-state index >= 15 is 0 Å². The monoisotopic (exact) mass is 427 g/mol. The summed E-state index contributed by atoms with van der Waals surface area (Å²) in [5.74, 6) is 2.12. The molecule has 0 unspecified atom stereocenters. The molecular formula is C22H25N3O4S. The second kappa shape index (κ2) is 8.55. The third-order valence-corrected chi connectivity index (χ3v) is 6.50. The number of anilines is 1. The average molecular weight is 428 g/mol. The Morgan fingerprint density at radius 3 is 2.70 bits per heavy atom. The predicted octanol–water partition coefficient (Wildman–Crippen LogP) is 3.85. The molecule has 0 fully saturated rings. The van der Waals surface area contributed by atoms with Gasteiger partial charge < -0.3 is 19.8 Å². The summed E-state index contributed by atoms with van der Waals surface area (Å²) >= 11 is 1.52. The smallest absolute Gasteiger partial charge is 0.257 e. The number of ketones is 1. The molecule has 1 aliphatic heterocycles. The van der Waals surface area contributed by atoms with E-state index in [2.05, 4.69) is 22.2 Å². The molecule has 0 radical (unpaired) electrons. The van der Waals surface area contributed by atoms with Gasteiger partial charge in [0.2, 0.25) is 0 Å². The van der Waals surface area contributed by atoms with Gasteiger partial charge in [-0.15, -0.1) is 0 Å². The van der Waals surface area contributed by atoms with Gasteiger partial charge in [0, 0.05) is 29.4 Å². The van der Waals surface area contributed by atoms with Gasteiger partial charge in [-0.1, -0.05) is 24.8 Å². The van der Waals surface area contributed by atoms with Crippen LogP contribution in [0, 0.1) is 0 Å². The van der Waals surface area contributed by atoms with Crippen LogP contribution in [0.3, 0.4) is 0 Å². The third kappa shape index (κ3) is 3.60. The first-order valence-corrected chi connectivity index (χ1v) is 11.1. The van der Waals surface area contributed by atoms with Gasteiger partial charge in [0.1, 0.15) is 5.82 Å². The van der Waals surface area contributed by atoms with Gasteiger partial charge in [-0.05, 0) is 37.0 Å². The molecule has 4 rings (SSSR count). The molecule has 158 valence electrons. The largest absolute Gasteiger partial charge is 0.493 e. The van der Waals surface area contributed by atoms with Gasteiger partial charge >= 0.3 is 0 Å². The standard InChI is InChI=1S/C22H25N3O4S/c1-4-10-30-22-24-20-19(21(27)25-22)17(18-13(23-20)6-5-7-14(18)26)12-8-9-15(28-2)16(11-12)29-3/h8-9,11,17H,4-7,10H2,1-3H3,(H2,23,24,25,27)/t17-/m1/s1. The number of thioether (sulfide) groups is 1. The summed E-state index contributed by atoms with van der Waals surface area (Å²) in [5, 5.41) is 3.88. The van der Waals surface area contributed by atoms with Crippen molar-refractivity contribution in [2.75, 3.05) is 25.3 Å². The number of aromatic amines is 1. The first-order chi connectivity index (χ1) is 14.6. The Kier molecular flexibility index (Phi) is 5.85. The van der Waals surface area contributed by atoms with Crippen molar-refractivity contribution >= 4 is 23.4 Å². The average Bonchev–Trinajstić information content (AvgIpc) is 2.76. The zero-order valence-electron chi connectivity index (χ0n) is 17.3. The Balaban J connectivity index is 1.90. The lowest BCUT2D eigenvalue weighted by atomic mass is 9.76. The maximum Gasteiger partial charge on any atom is 0.257 e. The van der Waals surface area contributed by atoms with Crippen LogP contribution in [0.2, 0.25) is 0 Å². The van der Waals surface area contributed by atoms with Gasteiger partial charge in [-0.3, -0.25) is 9.59 Å². The van der Waals surface area contributed by atoms with Gasteiger partial charge in [-0.25, -0.2) is 4.98 Å². The highest BCUT2D eigenvalue weighted by molar-refractivity contribution is 7.99. The highest BCUT2D eigenvalue weighted by atomic mass is 32.2. The Morgan fingerprint density at radius 1 is 1.17 bits per heavy atom. The first-order valence-electron chi connectivity index (χ1n) is 10.1. The van der Waals surface area contributed by atoms with Crippen molar-refractivity contribution < 1.29 is 14.3 Å². The maximum absolute atomic E-state index is 13.2. The number of allylic oxidation sites excluding steroid dienone is 2. The van der Waals surface area contributed by atoms with E-state index in [-0.39, 0.29) is 11.3 Å². The summed E-state index contributed by atoms with van der Waals surface area (Å²) in [6.45, 7) is 2.08. The zero-order chi connectivity index (χ0) is 21.3. The SMILES string of the molecule is CCCSc1nc2c(c(=O)[nH]1)[C@H](c1ccc(OC)c(OC)c1)C1=C(CCCC1=O)N2. The number of methoxy groups -OCH3 is 2. The summed E-state index contributed by atoms with van der Waals surface area (Å²) in [5.41, 5.74) is 2.57. The fourth-order valence-electron chi connectivity index (χ4n) is 4.07. The van der Waals surface area contributed by atoms with Crippen LogP contribution in [0.25, 0.3) is 0 Å². The van der Waals surface area contributed by atoms with Crippen LogP contribution in [0.1, 0.15) is 49.7 Å². The topological polar surface area (TPSA) is 93.3 Å². The number of fused-ring (bicyclic) bond motifs is 1. The number of H-pyrrole nitrogens is 1. The molecule has 2 heterocycles. The summed E-state index contributed by atoms with van der Waals surface area (Å²) < 4.78 is 10.8. The fraction of sp³-hybridized carbons (Fsp3) is 0.409. The third-order valence-electron chi connectivity index (χ3n) is 5.42. The van der Waals surface area contributed by atoms with E-state index in [1.807, 2.05) is 12.1 Å². The first kappa shape index (κ1) is 20.5. The zero-order valence-corrected chi connectivity index (χ0v) is 18.1. The fourth-order valence-corrected chi connectivity index (χ4v) is 4.79. The van der Waals surface area contributed by atoms with E-state index in [0.717, 1.165) is 36.3 Å². The quantitative estimate of drug-likeness (QED) is 0.534. The number of Topliss-reactive ketones (excluding diaryl/α,β-unsaturated/α-hetero) is 1. The van der Waals surface area contributed by atoms with E-state index in [1.54, 1.807) is 20.3 Å². The van der Waals surface area contributed by atoms with Crippen LogP contribution >= 0.6 is 11.8 Å². The second-order valence-corrected chi connectivity index (χ2v) is 8.41. The number of carbonyl (C=O) groups excluding carboxylic acids is 1. The Hall–Kier alpha value is -2.74. The van der Waals surface area contributed by atoms with E-state index in [0.29, 0.717) is 40.0 Å². The molecule has 0 amide bonds. The number of aromatic nitrogens is 2. The minimum Gasteiger partial charge on any atom is -0.493 e. The molecular weight excluding hydrogens is 402 g/mol. The molecule has 1 aromatic heterocycles. The molecule has 1 aromatic carbocycles. The van der Waals surface area contributed by atoms with Crippen molar-refractivity contribution in [2.45, 2.75) is 43.7 Å². The van der Waals surface area contributed by atoms with Crippen LogP contribution < -0.4 is 20.3 Å². The number of benzene rings is 1. The van der Waals surface area contributed by atoms with Gasteiger partial charge in [0.25, 0.3) is 5.56 Å². The normalized spacial score (nSPS) is 17.8. The highest BCUT2D eigenvalue weighted by Gasteiger charge is 2.38. The number of carbonyl (C=O) groups is 1. The van der Waals surface area contributed by atoms with E-state index in [4.69, 9.17) is 9.47 Å². The van der Waals surface area contributed by atoms with Crippen molar-refractivity contribution in [1.29, 1.82) is 0 Å². The van der Waals surface area contributed by atoms with Gasteiger partial charge in [0.05, 0.1) is 19.8 Å². The van der Waals surface area contributed by atoms with Crippen LogP contribution in [0.15, 0.2) is 39.4 Å². The van der Waals surface area contributed by atoms with Gasteiger partial charge in [-0.2, -0.15) is 0 Å². The van der Waals surface area contributed by atoms with Crippen molar-refractivity contribution in [1.82, 2.24) is 9.97 Å². The van der Waals surface area contributed by atoms with Crippen molar-refractivity contribution in [2.24, 2.45) is 0 Å². The summed E-state index contributed by atoms with van der Waals surface area (Å²) in [6, 6.07) is 5.52. The molecule has 1 atom stereocenters. The van der Waals surface area contributed by atoms with Crippen LogP contribution in [-0.2, 0) is 4.79 Å². The van der Waals surface area contributed by atoms with Crippen molar-refractivity contribution in [3.63, 3.8) is 0 Å². The van der Waals surface area contributed by atoms with Crippen LogP contribution in [0.4, 0.5) is 5.82 Å². The Morgan fingerprint density at radius 2 is 1.97 bits per heavy atom. The number of hydrogen-bond acceptors (Lipinski definition) is 7. The van der Waals surface area contributed by atoms with E-state index < -0.39 is 5.92 Å². The molecule has 0 spiro atoms. The number of ether oxygens (including phenoxy) is 2. The van der Waals surface area contributed by atoms with E-state index in [1.165, 1.54) is 11.8 Å². The lowest BCUT2D eigenvalue weighted by Crippen LogP contribution is -2.32. The van der Waals surface area contributed by atoms with E-state index in [9.17, 15) is 9.59 Å².